The van der Waals surface area contributed by atoms with Gasteiger partial charge in [0.15, 0.2) is 0 Å². The summed E-state index contributed by atoms with van der Waals surface area (Å²) in [7, 11) is 0. The number of nitrogens with zero attached hydrogens (tertiary/aromatic N) is 1. The third kappa shape index (κ3) is 4.96. The van der Waals surface area contributed by atoms with Crippen molar-refractivity contribution in [2.24, 2.45) is 0 Å². The van der Waals surface area contributed by atoms with Crippen LogP contribution in [0.25, 0.3) is 0 Å². The summed E-state index contributed by atoms with van der Waals surface area (Å²) >= 11 is 0. The van der Waals surface area contributed by atoms with E-state index in [9.17, 15) is 4.79 Å². The van der Waals surface area contributed by atoms with Crippen LogP contribution in [-0.4, -0.2) is 25.7 Å². The molecule has 0 bridgehead atoms. The maximum absolute atomic E-state index is 12.2. The van der Waals surface area contributed by atoms with E-state index in [1.165, 1.54) is 0 Å². The summed E-state index contributed by atoms with van der Waals surface area (Å²) in [4.78, 5) is 14.4. The quantitative estimate of drug-likeness (QED) is 0.555. The Hall–Kier alpha value is -1.71. The summed E-state index contributed by atoms with van der Waals surface area (Å²) in [6.07, 6.45) is 4.40. The van der Waals surface area contributed by atoms with E-state index in [1.54, 1.807) is 6.07 Å². The Balaban J connectivity index is 3.11. The minimum absolute atomic E-state index is 0.294. The molecule has 4 nitrogen and oxygen atoms in total. The predicted molar refractivity (Wildman–Crippen MR) is 88.8 cm³/mol. The second-order valence-corrected chi connectivity index (χ2v) is 5.16. The van der Waals surface area contributed by atoms with E-state index in [-0.39, 0.29) is 5.97 Å². The molecule has 1 rings (SSSR count). The summed E-state index contributed by atoms with van der Waals surface area (Å²) in [5.41, 5.74) is 8.20. The van der Waals surface area contributed by atoms with Crippen LogP contribution in [0.4, 0.5) is 11.4 Å². The molecule has 0 saturated carbocycles. The Kier molecular flexibility index (Phi) is 7.65. The number of nitrogen functional groups attached to an aromatic ring is 1. The van der Waals surface area contributed by atoms with Crippen molar-refractivity contribution in [3.05, 3.63) is 23.8 Å². The predicted octanol–water partition coefficient (Wildman–Crippen LogP) is 3.85. The van der Waals surface area contributed by atoms with Gasteiger partial charge in [-0.2, -0.15) is 0 Å². The molecule has 0 saturated heterocycles. The maximum Gasteiger partial charge on any atom is 0.340 e. The zero-order valence-corrected chi connectivity index (χ0v) is 13.5. The molecule has 0 aliphatic rings. The molecule has 21 heavy (non-hydrogen) atoms. The minimum atomic E-state index is -0.294. The van der Waals surface area contributed by atoms with Gasteiger partial charge in [0, 0.05) is 13.1 Å². The molecule has 0 aromatic heterocycles. The molecule has 0 fully saturated rings. The minimum Gasteiger partial charge on any atom is -0.462 e. The van der Waals surface area contributed by atoms with Gasteiger partial charge in [0.05, 0.1) is 23.5 Å². The highest BCUT2D eigenvalue weighted by Crippen LogP contribution is 2.29. The van der Waals surface area contributed by atoms with Crippen molar-refractivity contribution < 1.29 is 9.53 Å². The van der Waals surface area contributed by atoms with Crippen molar-refractivity contribution >= 4 is 17.3 Å². The molecular weight excluding hydrogens is 264 g/mol. The summed E-state index contributed by atoms with van der Waals surface area (Å²) in [6, 6.07) is 5.46. The van der Waals surface area contributed by atoms with Gasteiger partial charge in [-0.3, -0.25) is 0 Å². The molecule has 1 aromatic carbocycles. The number of carbonyl (C=O) groups excluding carboxylic acids is 1. The molecule has 0 heterocycles. The number of hydrogen-bond donors (Lipinski definition) is 1. The van der Waals surface area contributed by atoms with Crippen LogP contribution in [0.5, 0.6) is 0 Å². The van der Waals surface area contributed by atoms with Crippen LogP contribution in [0.2, 0.25) is 0 Å². The summed E-state index contributed by atoms with van der Waals surface area (Å²) < 4.78 is 5.16. The zero-order chi connectivity index (χ0) is 15.7. The summed E-state index contributed by atoms with van der Waals surface area (Å²) in [5, 5.41) is 0. The molecule has 0 radical (unpaired) electrons. The number of benzene rings is 1. The van der Waals surface area contributed by atoms with Crippen LogP contribution in [0, 0.1) is 0 Å². The van der Waals surface area contributed by atoms with Gasteiger partial charge in [0.1, 0.15) is 0 Å². The number of nitrogens with two attached hydrogens (primary N) is 1. The Bertz CT molecular complexity index is 438. The molecule has 0 aliphatic heterocycles. The molecule has 0 unspecified atom stereocenters. The third-order valence-corrected chi connectivity index (χ3v) is 3.44. The van der Waals surface area contributed by atoms with Crippen molar-refractivity contribution in [3.8, 4) is 0 Å². The first kappa shape index (κ1) is 17.3. The van der Waals surface area contributed by atoms with Crippen LogP contribution in [0.3, 0.4) is 0 Å². The van der Waals surface area contributed by atoms with Crippen molar-refractivity contribution in [2.45, 2.75) is 46.5 Å². The molecule has 4 heteroatoms. The Morgan fingerprint density at radius 2 is 1.76 bits per heavy atom. The van der Waals surface area contributed by atoms with Crippen molar-refractivity contribution in [3.63, 3.8) is 0 Å². The number of rotatable bonds is 9. The van der Waals surface area contributed by atoms with E-state index in [1.807, 2.05) is 19.1 Å². The van der Waals surface area contributed by atoms with Crippen molar-refractivity contribution in [1.29, 1.82) is 0 Å². The van der Waals surface area contributed by atoms with Gasteiger partial charge in [0.25, 0.3) is 0 Å². The molecular formula is C17H28N2O2. The van der Waals surface area contributed by atoms with Gasteiger partial charge >= 0.3 is 5.97 Å². The van der Waals surface area contributed by atoms with Crippen LogP contribution in [0.1, 0.15) is 56.8 Å². The van der Waals surface area contributed by atoms with Crippen molar-refractivity contribution in [1.82, 2.24) is 0 Å². The second kappa shape index (κ2) is 9.27. The third-order valence-electron chi connectivity index (χ3n) is 3.44. The Morgan fingerprint density at radius 3 is 2.29 bits per heavy atom. The van der Waals surface area contributed by atoms with Crippen molar-refractivity contribution in [2.75, 3.05) is 30.3 Å². The van der Waals surface area contributed by atoms with E-state index in [0.29, 0.717) is 17.9 Å². The standard InChI is InChI=1S/C17H28N2O2/c1-4-7-12-19(13-8-5-2)16-14(17(20)21-6-3)10-9-11-15(16)18/h9-11H,4-8,12-13,18H2,1-3H3. The van der Waals surface area contributed by atoms with Crippen LogP contribution < -0.4 is 10.6 Å². The summed E-state index contributed by atoms with van der Waals surface area (Å²) in [6.45, 7) is 8.35. The van der Waals surface area contributed by atoms with E-state index in [2.05, 4.69) is 18.7 Å². The number of carbonyl (C=O) groups is 1. The van der Waals surface area contributed by atoms with E-state index >= 15 is 0 Å². The fourth-order valence-electron chi connectivity index (χ4n) is 2.32. The molecule has 1 aromatic rings. The second-order valence-electron chi connectivity index (χ2n) is 5.16. The average Bonchev–Trinajstić information content (AvgIpc) is 2.48. The molecule has 0 atom stereocenters. The first-order valence-electron chi connectivity index (χ1n) is 7.96. The van der Waals surface area contributed by atoms with E-state index in [0.717, 1.165) is 44.5 Å². The van der Waals surface area contributed by atoms with Crippen LogP contribution >= 0.6 is 0 Å². The highest BCUT2D eigenvalue weighted by Gasteiger charge is 2.19. The van der Waals surface area contributed by atoms with Gasteiger partial charge < -0.3 is 15.4 Å². The monoisotopic (exact) mass is 292 g/mol. The maximum atomic E-state index is 12.2. The first-order valence-corrected chi connectivity index (χ1v) is 7.96. The lowest BCUT2D eigenvalue weighted by molar-refractivity contribution is 0.0527. The topological polar surface area (TPSA) is 55.6 Å². The zero-order valence-electron chi connectivity index (χ0n) is 13.5. The lowest BCUT2D eigenvalue weighted by atomic mass is 10.1. The number of ether oxygens (including phenoxy) is 1. The number of unbranched alkanes of at least 4 members (excludes halogenated alkanes) is 2. The molecule has 0 aliphatic carbocycles. The van der Waals surface area contributed by atoms with Gasteiger partial charge in [-0.15, -0.1) is 0 Å². The highest BCUT2D eigenvalue weighted by molar-refractivity contribution is 5.99. The lowest BCUT2D eigenvalue weighted by Crippen LogP contribution is -2.28. The number of esters is 1. The largest absolute Gasteiger partial charge is 0.462 e. The van der Waals surface area contributed by atoms with Gasteiger partial charge in [-0.05, 0) is 31.9 Å². The SMILES string of the molecule is CCCCN(CCCC)c1c(N)cccc1C(=O)OCC. The fourth-order valence-corrected chi connectivity index (χ4v) is 2.32. The molecule has 2 N–H and O–H groups in total. The molecule has 0 spiro atoms. The summed E-state index contributed by atoms with van der Waals surface area (Å²) in [5.74, 6) is -0.294. The number of para-hydroxylation sites is 1. The smallest absolute Gasteiger partial charge is 0.340 e. The normalized spacial score (nSPS) is 10.4. The average molecular weight is 292 g/mol. The van der Waals surface area contributed by atoms with Gasteiger partial charge in [-0.25, -0.2) is 4.79 Å². The van der Waals surface area contributed by atoms with Crippen LogP contribution in [-0.2, 0) is 4.74 Å². The highest BCUT2D eigenvalue weighted by atomic mass is 16.5. The Labute approximate surface area is 128 Å². The first-order chi connectivity index (χ1) is 10.2. The molecule has 118 valence electrons. The van der Waals surface area contributed by atoms with Crippen LogP contribution in [0.15, 0.2) is 18.2 Å². The van der Waals surface area contributed by atoms with E-state index in [4.69, 9.17) is 10.5 Å². The van der Waals surface area contributed by atoms with Gasteiger partial charge in [0.2, 0.25) is 0 Å². The molecule has 0 amide bonds. The fraction of sp³-hybridized carbons (Fsp3) is 0.588. The Morgan fingerprint density at radius 1 is 1.14 bits per heavy atom. The lowest BCUT2D eigenvalue weighted by Gasteiger charge is -2.28. The number of anilines is 2. The number of hydrogen-bond acceptors (Lipinski definition) is 4. The van der Waals surface area contributed by atoms with Gasteiger partial charge in [-0.1, -0.05) is 32.8 Å². The van der Waals surface area contributed by atoms with E-state index < -0.39 is 0 Å².